The molecule has 0 spiro atoms. The van der Waals surface area contributed by atoms with Crippen molar-refractivity contribution >= 4 is 5.91 Å². The summed E-state index contributed by atoms with van der Waals surface area (Å²) in [4.78, 5) is 16.7. The Hall–Kier alpha value is -2.28. The molecule has 6 heteroatoms. The minimum absolute atomic E-state index is 0.0147. The molecule has 2 aromatic rings. The van der Waals surface area contributed by atoms with Crippen LogP contribution in [0.4, 0.5) is 4.39 Å². The number of hydrogen-bond donors (Lipinski definition) is 1. The van der Waals surface area contributed by atoms with Crippen molar-refractivity contribution in [3.05, 3.63) is 71.5 Å². The van der Waals surface area contributed by atoms with Gasteiger partial charge in [-0.05, 0) is 29.7 Å². The summed E-state index contributed by atoms with van der Waals surface area (Å²) in [5.41, 5.74) is 0.901. The Balaban J connectivity index is 1.58. The molecule has 1 fully saturated rings. The zero-order valence-electron chi connectivity index (χ0n) is 16.9. The van der Waals surface area contributed by atoms with Gasteiger partial charge in [0.05, 0.1) is 18.8 Å². The van der Waals surface area contributed by atoms with Crippen molar-refractivity contribution in [1.29, 1.82) is 0 Å². The van der Waals surface area contributed by atoms with Gasteiger partial charge in [0.15, 0.2) is 0 Å². The molecule has 1 atom stereocenters. The molecular formula is C23H29FN2O3. The van der Waals surface area contributed by atoms with Gasteiger partial charge in [-0.1, -0.05) is 42.5 Å². The first kappa shape index (κ1) is 21.4. The van der Waals surface area contributed by atoms with Crippen LogP contribution in [0, 0.1) is 5.82 Å². The lowest BCUT2D eigenvalue weighted by Gasteiger charge is -2.27. The number of rotatable bonds is 9. The summed E-state index contributed by atoms with van der Waals surface area (Å²) in [6.45, 7) is 2.82. The summed E-state index contributed by atoms with van der Waals surface area (Å²) in [7, 11) is 1.62. The number of halogens is 1. The molecule has 1 amide bonds. The van der Waals surface area contributed by atoms with Crippen LogP contribution < -0.4 is 0 Å². The second kappa shape index (κ2) is 9.96. The largest absolute Gasteiger partial charge is 0.388 e. The van der Waals surface area contributed by atoms with Crippen LogP contribution in [-0.4, -0.2) is 66.3 Å². The number of methoxy groups -OCH3 is 1. The average molecular weight is 400 g/mol. The molecule has 1 heterocycles. The fourth-order valence-electron chi connectivity index (χ4n) is 3.84. The Bertz CT molecular complexity index is 802. The van der Waals surface area contributed by atoms with Gasteiger partial charge in [0.25, 0.3) is 0 Å². The highest BCUT2D eigenvalue weighted by atomic mass is 19.1. The van der Waals surface area contributed by atoms with E-state index in [4.69, 9.17) is 4.74 Å². The third kappa shape index (κ3) is 6.35. The van der Waals surface area contributed by atoms with E-state index in [0.29, 0.717) is 45.6 Å². The van der Waals surface area contributed by atoms with Gasteiger partial charge in [-0.2, -0.15) is 0 Å². The summed E-state index contributed by atoms with van der Waals surface area (Å²) >= 11 is 0. The maximum Gasteiger partial charge on any atom is 0.237 e. The van der Waals surface area contributed by atoms with Crippen LogP contribution in [0.2, 0.25) is 0 Å². The minimum atomic E-state index is -0.940. The first-order valence-corrected chi connectivity index (χ1v) is 9.97. The Labute approximate surface area is 171 Å². The van der Waals surface area contributed by atoms with Crippen LogP contribution >= 0.6 is 0 Å². The lowest BCUT2D eigenvalue weighted by Crippen LogP contribution is -2.42. The van der Waals surface area contributed by atoms with Crippen molar-refractivity contribution in [2.75, 3.05) is 39.9 Å². The van der Waals surface area contributed by atoms with Gasteiger partial charge in [0.2, 0.25) is 5.91 Å². The molecule has 156 valence electrons. The van der Waals surface area contributed by atoms with Crippen molar-refractivity contribution in [3.63, 3.8) is 0 Å². The highest BCUT2D eigenvalue weighted by Gasteiger charge is 2.37. The van der Waals surface area contributed by atoms with E-state index in [1.165, 1.54) is 12.1 Å². The molecule has 5 nitrogen and oxygen atoms in total. The molecule has 0 saturated carbocycles. The number of aliphatic hydroxyl groups is 1. The maximum atomic E-state index is 13.4. The highest BCUT2D eigenvalue weighted by molar-refractivity contribution is 5.78. The lowest BCUT2D eigenvalue weighted by molar-refractivity contribution is -0.133. The van der Waals surface area contributed by atoms with Crippen molar-refractivity contribution in [1.82, 2.24) is 9.80 Å². The number of benzene rings is 2. The van der Waals surface area contributed by atoms with E-state index in [2.05, 4.69) is 0 Å². The second-order valence-corrected chi connectivity index (χ2v) is 7.79. The number of carbonyl (C=O) groups excluding carboxylic acids is 1. The Morgan fingerprint density at radius 1 is 1.21 bits per heavy atom. The molecule has 29 heavy (non-hydrogen) atoms. The Kier molecular flexibility index (Phi) is 7.36. The SMILES string of the molecule is COCCN(Cc1ccccc1)C(=O)CN1CCC(O)(Cc2cccc(F)c2)C1. The molecule has 0 radical (unpaired) electrons. The summed E-state index contributed by atoms with van der Waals surface area (Å²) in [5, 5.41) is 10.9. The maximum absolute atomic E-state index is 13.4. The van der Waals surface area contributed by atoms with Gasteiger partial charge in [0.1, 0.15) is 5.82 Å². The topological polar surface area (TPSA) is 53.0 Å². The molecule has 1 aliphatic rings. The van der Waals surface area contributed by atoms with Gasteiger partial charge in [-0.3, -0.25) is 9.69 Å². The molecule has 1 unspecified atom stereocenters. The molecule has 1 N–H and O–H groups in total. The molecule has 1 saturated heterocycles. The summed E-state index contributed by atoms with van der Waals surface area (Å²) < 4.78 is 18.6. The monoisotopic (exact) mass is 400 g/mol. The Morgan fingerprint density at radius 2 is 1.97 bits per heavy atom. The quantitative estimate of drug-likeness (QED) is 0.703. The Morgan fingerprint density at radius 3 is 2.69 bits per heavy atom. The van der Waals surface area contributed by atoms with Gasteiger partial charge < -0.3 is 14.7 Å². The van der Waals surface area contributed by atoms with E-state index in [1.807, 2.05) is 41.3 Å². The summed E-state index contributed by atoms with van der Waals surface area (Å²) in [6, 6.07) is 16.2. The predicted molar refractivity (Wildman–Crippen MR) is 110 cm³/mol. The predicted octanol–water partition coefficient (Wildman–Crippen LogP) is 2.48. The molecule has 0 bridgehead atoms. The van der Waals surface area contributed by atoms with Crippen LogP contribution in [0.5, 0.6) is 0 Å². The fourth-order valence-corrected chi connectivity index (χ4v) is 3.84. The number of nitrogens with zero attached hydrogens (tertiary/aromatic N) is 2. The first-order valence-electron chi connectivity index (χ1n) is 9.97. The normalized spacial score (nSPS) is 19.4. The molecule has 2 aromatic carbocycles. The third-order valence-electron chi connectivity index (χ3n) is 5.33. The molecule has 0 aliphatic carbocycles. The van der Waals surface area contributed by atoms with Crippen molar-refractivity contribution in [2.24, 2.45) is 0 Å². The van der Waals surface area contributed by atoms with Crippen molar-refractivity contribution < 1.29 is 19.0 Å². The number of ether oxygens (including phenoxy) is 1. The van der Waals surface area contributed by atoms with Gasteiger partial charge in [0, 0.05) is 39.7 Å². The zero-order valence-corrected chi connectivity index (χ0v) is 16.9. The standard InChI is InChI=1S/C23H29FN2O3/c1-29-13-12-26(16-19-6-3-2-4-7-19)22(27)17-25-11-10-23(28,18-25)15-20-8-5-9-21(24)14-20/h2-9,14,28H,10-13,15-18H2,1H3. The number of hydrogen-bond acceptors (Lipinski definition) is 4. The van der Waals surface area contributed by atoms with Crippen LogP contribution in [-0.2, 0) is 22.5 Å². The molecule has 0 aromatic heterocycles. The molecular weight excluding hydrogens is 371 g/mol. The van der Waals surface area contributed by atoms with Crippen LogP contribution in [0.15, 0.2) is 54.6 Å². The number of amides is 1. The number of carbonyl (C=O) groups is 1. The van der Waals surface area contributed by atoms with Crippen LogP contribution in [0.25, 0.3) is 0 Å². The highest BCUT2D eigenvalue weighted by Crippen LogP contribution is 2.26. The van der Waals surface area contributed by atoms with E-state index in [1.54, 1.807) is 18.1 Å². The fraction of sp³-hybridized carbons (Fsp3) is 0.435. The first-order chi connectivity index (χ1) is 14.0. The van der Waals surface area contributed by atoms with Crippen molar-refractivity contribution in [3.8, 4) is 0 Å². The second-order valence-electron chi connectivity index (χ2n) is 7.79. The smallest absolute Gasteiger partial charge is 0.237 e. The van der Waals surface area contributed by atoms with E-state index < -0.39 is 5.60 Å². The number of β-amino-alcohol motifs (C(OH)–C–C–N with tert-alkyl or cyclic N) is 1. The van der Waals surface area contributed by atoms with Crippen LogP contribution in [0.1, 0.15) is 17.5 Å². The number of likely N-dealkylation sites (tertiary alicyclic amines) is 1. The van der Waals surface area contributed by atoms with Crippen LogP contribution in [0.3, 0.4) is 0 Å². The minimum Gasteiger partial charge on any atom is -0.388 e. The average Bonchev–Trinajstić information content (AvgIpc) is 3.05. The zero-order chi connectivity index (χ0) is 20.7. The van der Waals surface area contributed by atoms with Crippen molar-refractivity contribution in [2.45, 2.75) is 25.0 Å². The third-order valence-corrected chi connectivity index (χ3v) is 5.33. The van der Waals surface area contributed by atoms with Gasteiger partial charge in [-0.25, -0.2) is 4.39 Å². The lowest BCUT2D eigenvalue weighted by atomic mass is 9.94. The molecule has 1 aliphatic heterocycles. The van der Waals surface area contributed by atoms with Gasteiger partial charge in [-0.15, -0.1) is 0 Å². The summed E-state index contributed by atoms with van der Waals surface area (Å²) in [6.07, 6.45) is 0.945. The van der Waals surface area contributed by atoms with E-state index >= 15 is 0 Å². The van der Waals surface area contributed by atoms with Gasteiger partial charge >= 0.3 is 0 Å². The molecule has 3 rings (SSSR count). The summed E-state index contributed by atoms with van der Waals surface area (Å²) in [5.74, 6) is -0.285. The van der Waals surface area contributed by atoms with E-state index in [0.717, 1.165) is 11.1 Å². The van der Waals surface area contributed by atoms with E-state index in [-0.39, 0.29) is 18.3 Å². The van der Waals surface area contributed by atoms with E-state index in [9.17, 15) is 14.3 Å².